The van der Waals surface area contributed by atoms with E-state index in [9.17, 15) is 14.0 Å². The fourth-order valence-electron chi connectivity index (χ4n) is 4.65. The van der Waals surface area contributed by atoms with Crippen molar-refractivity contribution in [1.29, 1.82) is 0 Å². The van der Waals surface area contributed by atoms with E-state index in [1.54, 1.807) is 36.7 Å². The molecule has 5 rings (SSSR count). The lowest BCUT2D eigenvalue weighted by Gasteiger charge is -2.22. The smallest absolute Gasteiger partial charge is 0.255 e. The molecule has 0 fully saturated rings. The molecule has 40 heavy (non-hydrogen) atoms. The van der Waals surface area contributed by atoms with Gasteiger partial charge in [0.1, 0.15) is 17.7 Å². The summed E-state index contributed by atoms with van der Waals surface area (Å²) in [6.45, 7) is 6.52. The highest BCUT2D eigenvalue weighted by molar-refractivity contribution is 6.06. The molecule has 202 valence electrons. The Morgan fingerprint density at radius 1 is 0.900 bits per heavy atom. The number of amides is 2. The van der Waals surface area contributed by atoms with Gasteiger partial charge >= 0.3 is 0 Å². The van der Waals surface area contributed by atoms with Gasteiger partial charge in [-0.2, -0.15) is 0 Å². The molecule has 3 aromatic carbocycles. The van der Waals surface area contributed by atoms with E-state index in [0.29, 0.717) is 39.8 Å². The lowest BCUT2D eigenvalue weighted by Crippen LogP contribution is -2.30. The molecule has 0 radical (unpaired) electrons. The number of hydrogen-bond donors (Lipinski definition) is 2. The van der Waals surface area contributed by atoms with Crippen molar-refractivity contribution in [2.45, 2.75) is 26.8 Å². The molecule has 7 heteroatoms. The number of aryl methyl sites for hydroxylation is 1. The molecular weight excluding hydrogens is 505 g/mol. The zero-order chi connectivity index (χ0) is 28.2. The first-order valence-corrected chi connectivity index (χ1v) is 13.2. The number of rotatable bonds is 8. The Labute approximate surface area is 232 Å². The number of nitrogens with one attached hydrogen (secondary N) is 2. The zero-order valence-corrected chi connectivity index (χ0v) is 22.6. The van der Waals surface area contributed by atoms with Gasteiger partial charge in [-0.3, -0.25) is 14.6 Å². The Balaban J connectivity index is 1.59. The first kappa shape index (κ1) is 26.8. The number of hydrogen-bond acceptors (Lipinski definition) is 4. The van der Waals surface area contributed by atoms with Crippen LogP contribution in [-0.2, 0) is 0 Å². The summed E-state index contributed by atoms with van der Waals surface area (Å²) < 4.78 is 19.4. The minimum absolute atomic E-state index is 0.225. The van der Waals surface area contributed by atoms with Gasteiger partial charge in [-0.15, -0.1) is 0 Å². The van der Waals surface area contributed by atoms with E-state index >= 15 is 0 Å². The van der Waals surface area contributed by atoms with Crippen LogP contribution in [0.2, 0.25) is 0 Å². The maximum Gasteiger partial charge on any atom is 0.255 e. The van der Waals surface area contributed by atoms with Crippen molar-refractivity contribution in [2.24, 2.45) is 5.92 Å². The summed E-state index contributed by atoms with van der Waals surface area (Å²) in [7, 11) is 0. The number of nitrogens with zero attached hydrogens (tertiary/aromatic N) is 1. The fourth-order valence-corrected chi connectivity index (χ4v) is 4.65. The highest BCUT2D eigenvalue weighted by atomic mass is 19.1. The van der Waals surface area contributed by atoms with Gasteiger partial charge < -0.3 is 15.1 Å². The predicted octanol–water partition coefficient (Wildman–Crippen LogP) is 6.85. The molecule has 0 aliphatic carbocycles. The van der Waals surface area contributed by atoms with Crippen LogP contribution in [-0.4, -0.2) is 23.3 Å². The average molecular weight is 536 g/mol. The van der Waals surface area contributed by atoms with Gasteiger partial charge in [0.15, 0.2) is 0 Å². The van der Waals surface area contributed by atoms with Crippen LogP contribution >= 0.6 is 0 Å². The topological polar surface area (TPSA) is 84.2 Å². The number of benzene rings is 3. The van der Waals surface area contributed by atoms with Crippen LogP contribution in [0, 0.1) is 18.7 Å². The summed E-state index contributed by atoms with van der Waals surface area (Å²) >= 11 is 0. The first-order valence-electron chi connectivity index (χ1n) is 13.2. The summed E-state index contributed by atoms with van der Waals surface area (Å²) in [5, 5.41) is 6.78. The van der Waals surface area contributed by atoms with Crippen LogP contribution in [0.15, 0.2) is 95.9 Å². The third-order valence-corrected chi connectivity index (χ3v) is 6.68. The van der Waals surface area contributed by atoms with Crippen LogP contribution in [0.1, 0.15) is 57.3 Å². The minimum atomic E-state index is -0.664. The monoisotopic (exact) mass is 535 g/mol. The molecule has 0 bridgehead atoms. The van der Waals surface area contributed by atoms with Crippen molar-refractivity contribution in [3.05, 3.63) is 125 Å². The van der Waals surface area contributed by atoms with E-state index in [0.717, 1.165) is 16.7 Å². The van der Waals surface area contributed by atoms with Crippen molar-refractivity contribution in [2.75, 3.05) is 6.54 Å². The molecule has 0 aliphatic heterocycles. The van der Waals surface area contributed by atoms with Crippen LogP contribution in [0.4, 0.5) is 4.39 Å². The fraction of sp³-hybridized carbons (Fsp3) is 0.182. The lowest BCUT2D eigenvalue weighted by molar-refractivity contribution is 0.0940. The van der Waals surface area contributed by atoms with Crippen molar-refractivity contribution in [1.82, 2.24) is 15.6 Å². The average Bonchev–Trinajstić information content (AvgIpc) is 3.39. The van der Waals surface area contributed by atoms with Gasteiger partial charge in [-0.1, -0.05) is 56.3 Å². The van der Waals surface area contributed by atoms with Crippen molar-refractivity contribution < 1.29 is 18.4 Å². The summed E-state index contributed by atoms with van der Waals surface area (Å²) in [4.78, 5) is 31.3. The van der Waals surface area contributed by atoms with Gasteiger partial charge in [0, 0.05) is 35.5 Å². The van der Waals surface area contributed by atoms with E-state index in [2.05, 4.69) is 15.6 Å². The third kappa shape index (κ3) is 5.78. The van der Waals surface area contributed by atoms with Crippen LogP contribution in [0.25, 0.3) is 22.1 Å². The second-order valence-corrected chi connectivity index (χ2v) is 10.3. The van der Waals surface area contributed by atoms with Crippen molar-refractivity contribution in [3.8, 4) is 11.1 Å². The second-order valence-electron chi connectivity index (χ2n) is 10.3. The summed E-state index contributed by atoms with van der Waals surface area (Å²) in [6.07, 6.45) is 4.92. The molecule has 2 aromatic heterocycles. The molecular formula is C33H30FN3O3. The maximum absolute atomic E-state index is 13.8. The Morgan fingerprint density at radius 2 is 1.65 bits per heavy atom. The van der Waals surface area contributed by atoms with Crippen LogP contribution in [0.3, 0.4) is 0 Å². The van der Waals surface area contributed by atoms with Gasteiger partial charge in [0.05, 0.1) is 11.6 Å². The third-order valence-electron chi connectivity index (χ3n) is 6.68. The summed E-state index contributed by atoms with van der Waals surface area (Å²) in [6, 6.07) is 20.1. The molecule has 5 aromatic rings. The highest BCUT2D eigenvalue weighted by Gasteiger charge is 2.23. The second kappa shape index (κ2) is 11.5. The molecule has 0 spiro atoms. The van der Waals surface area contributed by atoms with Crippen molar-refractivity contribution in [3.63, 3.8) is 0 Å². The number of furan rings is 1. The molecule has 2 N–H and O–H groups in total. The quantitative estimate of drug-likeness (QED) is 0.228. The number of aromatic nitrogens is 1. The molecule has 6 nitrogen and oxygen atoms in total. The number of pyridine rings is 1. The number of fused-ring (bicyclic) bond motifs is 1. The molecule has 0 saturated carbocycles. The van der Waals surface area contributed by atoms with Crippen LogP contribution < -0.4 is 10.6 Å². The Kier molecular flexibility index (Phi) is 7.73. The first-order chi connectivity index (χ1) is 19.3. The predicted molar refractivity (Wildman–Crippen MR) is 154 cm³/mol. The molecule has 1 unspecified atom stereocenters. The molecule has 1 atom stereocenters. The van der Waals surface area contributed by atoms with Gasteiger partial charge in [0.25, 0.3) is 11.8 Å². The Bertz CT molecular complexity index is 1670. The van der Waals surface area contributed by atoms with E-state index in [-0.39, 0.29) is 23.5 Å². The van der Waals surface area contributed by atoms with E-state index in [1.807, 2.05) is 57.2 Å². The van der Waals surface area contributed by atoms with Gasteiger partial charge in [-0.25, -0.2) is 4.39 Å². The van der Waals surface area contributed by atoms with E-state index < -0.39 is 6.04 Å². The standard InChI is InChI=1S/C33H30FN3O3/c1-20(2)16-36-32(38)28-15-23(10-13-26(28)24-14-21(3)17-35-18-24)31(22-8-11-25(34)12-9-22)37-33(39)29-19-40-30-7-5-4-6-27(29)30/h4-15,17-20,31H,16H2,1-3H3,(H,36,38)(H,37,39). The number of carbonyl (C=O) groups is 2. The molecule has 2 heterocycles. The van der Waals surface area contributed by atoms with Crippen LogP contribution in [0.5, 0.6) is 0 Å². The minimum Gasteiger partial charge on any atom is -0.463 e. The SMILES string of the molecule is Cc1cncc(-c2ccc(C(NC(=O)c3coc4ccccc34)c3ccc(F)cc3)cc2C(=O)NCC(C)C)c1. The maximum atomic E-state index is 13.8. The Morgan fingerprint density at radius 3 is 2.40 bits per heavy atom. The largest absolute Gasteiger partial charge is 0.463 e. The number of para-hydroxylation sites is 1. The molecule has 2 amide bonds. The van der Waals surface area contributed by atoms with Gasteiger partial charge in [0.2, 0.25) is 0 Å². The zero-order valence-electron chi connectivity index (χ0n) is 22.6. The lowest BCUT2D eigenvalue weighted by atomic mass is 9.92. The van der Waals surface area contributed by atoms with Gasteiger partial charge in [-0.05, 0) is 65.4 Å². The van der Waals surface area contributed by atoms with Crippen molar-refractivity contribution >= 4 is 22.8 Å². The summed E-state index contributed by atoms with van der Waals surface area (Å²) in [5.41, 5.74) is 5.30. The Hall–Kier alpha value is -4.78. The number of halogens is 1. The normalized spacial score (nSPS) is 11.9. The molecule has 0 aliphatic rings. The summed E-state index contributed by atoms with van der Waals surface area (Å²) in [5.74, 6) is -0.688. The highest BCUT2D eigenvalue weighted by Crippen LogP contribution is 2.31. The molecule has 0 saturated heterocycles. The number of carbonyl (C=O) groups excluding carboxylic acids is 2. The van der Waals surface area contributed by atoms with E-state index in [1.165, 1.54) is 18.4 Å². The van der Waals surface area contributed by atoms with E-state index in [4.69, 9.17) is 4.42 Å².